The van der Waals surface area contributed by atoms with Crippen molar-refractivity contribution >= 4 is 33.4 Å². The quantitative estimate of drug-likeness (QED) is 0.677. The van der Waals surface area contributed by atoms with Gasteiger partial charge in [0.1, 0.15) is 0 Å². The second-order valence-electron chi connectivity index (χ2n) is 7.05. The molecule has 0 saturated carbocycles. The summed E-state index contributed by atoms with van der Waals surface area (Å²) in [6, 6.07) is 7.81. The predicted octanol–water partition coefficient (Wildman–Crippen LogP) is 4.47. The number of nitrogens with zero attached hydrogens (tertiary/aromatic N) is 3. The molecule has 0 aliphatic carbocycles. The number of amides is 1. The highest BCUT2D eigenvalue weighted by molar-refractivity contribution is 9.10. The van der Waals surface area contributed by atoms with E-state index in [9.17, 15) is 4.79 Å². The second-order valence-corrected chi connectivity index (χ2v) is 8.23. The number of hydrogen-bond donors (Lipinski definition) is 0. The molecule has 2 heterocycles. The van der Waals surface area contributed by atoms with Crippen molar-refractivity contribution in [2.24, 2.45) is 5.41 Å². The number of aromatic nitrogens is 2. The van der Waals surface area contributed by atoms with Gasteiger partial charge in [0.25, 0.3) is 0 Å². The van der Waals surface area contributed by atoms with E-state index in [-0.39, 0.29) is 11.8 Å². The summed E-state index contributed by atoms with van der Waals surface area (Å²) < 4.78 is 6.49. The highest BCUT2D eigenvalue weighted by Crippen LogP contribution is 2.31. The summed E-state index contributed by atoms with van der Waals surface area (Å²) in [7, 11) is 0. The molecule has 1 aliphatic rings. The van der Waals surface area contributed by atoms with Crippen molar-refractivity contribution in [1.29, 1.82) is 0 Å². The molecule has 0 atom stereocenters. The third-order valence-corrected chi connectivity index (χ3v) is 5.79. The largest absolute Gasteiger partial charge is 0.342 e. The molecule has 1 fully saturated rings. The Morgan fingerprint density at radius 3 is 2.56 bits per heavy atom. The van der Waals surface area contributed by atoms with Gasteiger partial charge in [-0.15, -0.1) is 11.6 Å². The van der Waals surface area contributed by atoms with Crippen molar-refractivity contribution in [1.82, 2.24) is 15.0 Å². The molecule has 2 aromatic rings. The molecule has 1 amide bonds. The number of benzene rings is 1. The average Bonchev–Trinajstić information content (AvgIpc) is 3.12. The summed E-state index contributed by atoms with van der Waals surface area (Å²) in [5.74, 6) is 1.89. The van der Waals surface area contributed by atoms with E-state index >= 15 is 0 Å². The Morgan fingerprint density at radius 2 is 1.96 bits per heavy atom. The Hall–Kier alpha value is -1.40. The third kappa shape index (κ3) is 4.06. The van der Waals surface area contributed by atoms with Gasteiger partial charge in [0.15, 0.2) is 0 Å². The maximum atomic E-state index is 12.5. The molecule has 0 radical (unpaired) electrons. The van der Waals surface area contributed by atoms with E-state index in [0.717, 1.165) is 22.9 Å². The van der Waals surface area contributed by atoms with Gasteiger partial charge in [-0.3, -0.25) is 4.79 Å². The number of piperidine rings is 1. The van der Waals surface area contributed by atoms with E-state index in [1.165, 1.54) is 0 Å². The van der Waals surface area contributed by atoms with Gasteiger partial charge in [-0.2, -0.15) is 4.98 Å². The van der Waals surface area contributed by atoms with Gasteiger partial charge in [0, 0.05) is 34.9 Å². The van der Waals surface area contributed by atoms with Crippen molar-refractivity contribution in [2.45, 2.75) is 32.6 Å². The third-order valence-electron chi connectivity index (χ3n) is 4.59. The van der Waals surface area contributed by atoms with E-state index in [1.54, 1.807) is 0 Å². The molecule has 1 aromatic heterocycles. The van der Waals surface area contributed by atoms with E-state index in [4.69, 9.17) is 16.1 Å². The summed E-state index contributed by atoms with van der Waals surface area (Å²) >= 11 is 9.34. The van der Waals surface area contributed by atoms with E-state index in [1.807, 2.05) is 43.0 Å². The van der Waals surface area contributed by atoms with Gasteiger partial charge >= 0.3 is 0 Å². The Bertz CT molecular complexity index is 737. The van der Waals surface area contributed by atoms with Crippen LogP contribution in [-0.4, -0.2) is 39.9 Å². The monoisotopic (exact) mass is 425 g/mol. The topological polar surface area (TPSA) is 59.2 Å². The summed E-state index contributed by atoms with van der Waals surface area (Å²) in [6.45, 7) is 5.16. The molecule has 1 aliphatic heterocycles. The van der Waals surface area contributed by atoms with Crippen LogP contribution in [0.4, 0.5) is 0 Å². The Morgan fingerprint density at radius 1 is 1.32 bits per heavy atom. The standard InChI is InChI=1S/C18H21BrClN3O2/c1-18(2,11-20)17(24)23-9-7-13(8-10-23)16-21-15(22-25-16)12-3-5-14(19)6-4-12/h3-6,13H,7-11H2,1-2H3. The lowest BCUT2D eigenvalue weighted by molar-refractivity contribution is -0.140. The number of alkyl halides is 1. The highest BCUT2D eigenvalue weighted by Gasteiger charge is 2.34. The molecule has 0 N–H and O–H groups in total. The lowest BCUT2D eigenvalue weighted by atomic mass is 9.91. The van der Waals surface area contributed by atoms with Gasteiger partial charge < -0.3 is 9.42 Å². The second kappa shape index (κ2) is 7.46. The molecule has 0 unspecified atom stereocenters. The molecule has 1 saturated heterocycles. The molecule has 7 heteroatoms. The number of carbonyl (C=O) groups is 1. The zero-order valence-electron chi connectivity index (χ0n) is 14.3. The molecule has 25 heavy (non-hydrogen) atoms. The van der Waals surface area contributed by atoms with Crippen LogP contribution >= 0.6 is 27.5 Å². The minimum Gasteiger partial charge on any atom is -0.342 e. The number of rotatable bonds is 4. The molecule has 5 nitrogen and oxygen atoms in total. The Labute approximate surface area is 160 Å². The van der Waals surface area contributed by atoms with Gasteiger partial charge in [-0.25, -0.2) is 0 Å². The van der Waals surface area contributed by atoms with Crippen molar-refractivity contribution in [3.8, 4) is 11.4 Å². The summed E-state index contributed by atoms with van der Waals surface area (Å²) in [6.07, 6.45) is 1.65. The summed E-state index contributed by atoms with van der Waals surface area (Å²) in [4.78, 5) is 18.9. The van der Waals surface area contributed by atoms with Crippen LogP contribution in [0.25, 0.3) is 11.4 Å². The number of hydrogen-bond acceptors (Lipinski definition) is 4. The van der Waals surface area contributed by atoms with Crippen molar-refractivity contribution in [2.75, 3.05) is 19.0 Å². The molecular weight excluding hydrogens is 406 g/mol. The fourth-order valence-electron chi connectivity index (χ4n) is 2.93. The first-order valence-corrected chi connectivity index (χ1v) is 9.68. The molecule has 0 spiro atoms. The first-order valence-electron chi connectivity index (χ1n) is 8.35. The molecule has 1 aromatic carbocycles. The summed E-state index contributed by atoms with van der Waals surface area (Å²) in [5.41, 5.74) is 0.405. The lowest BCUT2D eigenvalue weighted by Crippen LogP contribution is -2.45. The first kappa shape index (κ1) is 18.4. The highest BCUT2D eigenvalue weighted by atomic mass is 79.9. The van der Waals surface area contributed by atoms with Crippen LogP contribution in [0.1, 0.15) is 38.5 Å². The number of carbonyl (C=O) groups excluding carboxylic acids is 1. The zero-order valence-corrected chi connectivity index (χ0v) is 16.7. The fraction of sp³-hybridized carbons (Fsp3) is 0.500. The maximum Gasteiger partial charge on any atom is 0.230 e. The SMILES string of the molecule is CC(C)(CCl)C(=O)N1CCC(c2nc(-c3ccc(Br)cc3)no2)CC1. The van der Waals surface area contributed by atoms with Crippen LogP contribution in [0, 0.1) is 5.41 Å². The van der Waals surface area contributed by atoms with Crippen molar-refractivity contribution < 1.29 is 9.32 Å². The van der Waals surface area contributed by atoms with Gasteiger partial charge in [-0.1, -0.05) is 21.1 Å². The molecule has 3 rings (SSSR count). The number of likely N-dealkylation sites (tertiary alicyclic amines) is 1. The fourth-order valence-corrected chi connectivity index (χ4v) is 3.31. The van der Waals surface area contributed by atoms with E-state index in [0.29, 0.717) is 30.7 Å². The zero-order chi connectivity index (χ0) is 18.0. The van der Waals surface area contributed by atoms with Gasteiger partial charge in [0.2, 0.25) is 17.6 Å². The van der Waals surface area contributed by atoms with Crippen molar-refractivity contribution in [3.63, 3.8) is 0 Å². The van der Waals surface area contributed by atoms with Crippen LogP contribution < -0.4 is 0 Å². The van der Waals surface area contributed by atoms with E-state index in [2.05, 4.69) is 26.1 Å². The lowest BCUT2D eigenvalue weighted by Gasteiger charge is -2.35. The minimum absolute atomic E-state index is 0.113. The normalized spacial score (nSPS) is 16.2. The van der Waals surface area contributed by atoms with E-state index < -0.39 is 5.41 Å². The average molecular weight is 427 g/mol. The van der Waals surface area contributed by atoms with Crippen LogP contribution in [0.3, 0.4) is 0 Å². The van der Waals surface area contributed by atoms with Gasteiger partial charge in [-0.05, 0) is 51.0 Å². The smallest absolute Gasteiger partial charge is 0.230 e. The van der Waals surface area contributed by atoms with Crippen LogP contribution in [0.5, 0.6) is 0 Å². The summed E-state index contributed by atoms with van der Waals surface area (Å²) in [5, 5.41) is 4.10. The molecule has 134 valence electrons. The van der Waals surface area contributed by atoms with Gasteiger partial charge in [0.05, 0.1) is 5.41 Å². The Kier molecular flexibility index (Phi) is 5.49. The predicted molar refractivity (Wildman–Crippen MR) is 100 cm³/mol. The Balaban J connectivity index is 1.64. The van der Waals surface area contributed by atoms with Crippen LogP contribution in [0.15, 0.2) is 33.3 Å². The molecular formula is C18H21BrClN3O2. The minimum atomic E-state index is -0.520. The molecule has 0 bridgehead atoms. The van der Waals surface area contributed by atoms with Crippen LogP contribution in [-0.2, 0) is 4.79 Å². The maximum absolute atomic E-state index is 12.5. The van der Waals surface area contributed by atoms with Crippen LogP contribution in [0.2, 0.25) is 0 Å². The first-order chi connectivity index (χ1) is 11.9. The van der Waals surface area contributed by atoms with Crippen molar-refractivity contribution in [3.05, 3.63) is 34.6 Å². The number of halogens is 2.